The summed E-state index contributed by atoms with van der Waals surface area (Å²) in [5.41, 5.74) is 3.66. The first-order valence-electron chi connectivity index (χ1n) is 4.96. The summed E-state index contributed by atoms with van der Waals surface area (Å²) in [6.45, 7) is 3.13. The van der Waals surface area contributed by atoms with Crippen LogP contribution in [-0.4, -0.2) is 23.8 Å². The minimum atomic E-state index is -0.984. The fourth-order valence-corrected chi connectivity index (χ4v) is 0.562. The first-order chi connectivity index (χ1) is 7.99. The minimum Gasteiger partial charge on any atom is -0.340 e. The van der Waals surface area contributed by atoms with Gasteiger partial charge in [-0.1, -0.05) is 13.8 Å². The Morgan fingerprint density at radius 3 is 1.47 bits per heavy atom. The third kappa shape index (κ3) is 7.77. The summed E-state index contributed by atoms with van der Waals surface area (Å²) in [4.78, 5) is 51.8. The number of amides is 2. The largest absolute Gasteiger partial charge is 0.343 e. The van der Waals surface area contributed by atoms with E-state index in [0.717, 1.165) is 0 Å². The van der Waals surface area contributed by atoms with E-state index in [1.807, 2.05) is 11.0 Å². The average molecular weight is 246 g/mol. The molecule has 0 saturated heterocycles. The number of hydrogen-bond donors (Lipinski definition) is 2. The van der Waals surface area contributed by atoms with Gasteiger partial charge in [-0.15, -0.1) is 0 Å². The van der Waals surface area contributed by atoms with Gasteiger partial charge in [0, 0.05) is 12.8 Å². The summed E-state index contributed by atoms with van der Waals surface area (Å²) in [6.07, 6.45) is -0.428. The Morgan fingerprint density at radius 2 is 1.18 bits per heavy atom. The van der Waals surface area contributed by atoms with Gasteiger partial charge in [0.15, 0.2) is 0 Å². The molecule has 0 spiro atoms. The molecule has 0 heterocycles. The number of hydroxylamine groups is 2. The average Bonchev–Trinajstić information content (AvgIpc) is 2.32. The maximum atomic E-state index is 10.9. The molecular formula is C9H14N2O6. The van der Waals surface area contributed by atoms with E-state index in [-0.39, 0.29) is 12.8 Å². The molecule has 0 bridgehead atoms. The molecule has 0 aliphatic rings. The second kappa shape index (κ2) is 8.08. The highest BCUT2D eigenvalue weighted by atomic mass is 16.7. The lowest BCUT2D eigenvalue weighted by molar-refractivity contribution is -0.168. The zero-order valence-electron chi connectivity index (χ0n) is 9.57. The molecule has 2 amide bonds. The molecule has 0 saturated carbocycles. The molecule has 0 fully saturated rings. The van der Waals surface area contributed by atoms with Crippen LogP contribution in [0, 0.1) is 0 Å². The van der Waals surface area contributed by atoms with E-state index in [1.165, 1.54) is 0 Å². The highest BCUT2D eigenvalue weighted by molar-refractivity contribution is 5.92. The molecule has 8 heteroatoms. The van der Waals surface area contributed by atoms with Crippen molar-refractivity contribution >= 4 is 23.8 Å². The first kappa shape index (κ1) is 14.9. The Kier molecular flexibility index (Phi) is 7.07. The van der Waals surface area contributed by atoms with Crippen molar-refractivity contribution in [3.8, 4) is 0 Å². The zero-order valence-corrected chi connectivity index (χ0v) is 9.57. The molecule has 0 rings (SSSR count). The lowest BCUT2D eigenvalue weighted by Gasteiger charge is -2.05. The minimum absolute atomic E-state index is 0.143. The van der Waals surface area contributed by atoms with Crippen molar-refractivity contribution in [2.45, 2.75) is 33.1 Å². The van der Waals surface area contributed by atoms with Gasteiger partial charge in [-0.2, -0.15) is 11.0 Å². The van der Waals surface area contributed by atoms with E-state index >= 15 is 0 Å². The maximum absolute atomic E-state index is 10.9. The van der Waals surface area contributed by atoms with Gasteiger partial charge in [-0.3, -0.25) is 9.59 Å². The Bertz CT molecular complexity index is 285. The lowest BCUT2D eigenvalue weighted by atomic mass is 10.4. The van der Waals surface area contributed by atoms with Crippen LogP contribution in [0.5, 0.6) is 0 Å². The lowest BCUT2D eigenvalue weighted by Crippen LogP contribution is -2.30. The van der Waals surface area contributed by atoms with Crippen molar-refractivity contribution in [2.24, 2.45) is 0 Å². The fourth-order valence-electron chi connectivity index (χ4n) is 0.562. The summed E-state index contributed by atoms with van der Waals surface area (Å²) in [5.74, 6) is -2.96. The molecule has 8 nitrogen and oxygen atoms in total. The highest BCUT2D eigenvalue weighted by Gasteiger charge is 2.14. The molecule has 0 atom stereocenters. The molecule has 0 aromatic carbocycles. The number of carbonyl (C=O) groups excluding carboxylic acids is 4. The molecule has 0 radical (unpaired) electrons. The third-order valence-electron chi connectivity index (χ3n) is 1.49. The van der Waals surface area contributed by atoms with Gasteiger partial charge >= 0.3 is 11.9 Å². The van der Waals surface area contributed by atoms with Crippen LogP contribution in [0.25, 0.3) is 0 Å². The molecule has 96 valence electrons. The van der Waals surface area contributed by atoms with E-state index in [0.29, 0.717) is 0 Å². The van der Waals surface area contributed by atoms with Crippen molar-refractivity contribution in [2.75, 3.05) is 0 Å². The molecular weight excluding hydrogens is 232 g/mol. The van der Waals surface area contributed by atoms with Crippen LogP contribution in [0.4, 0.5) is 0 Å². The predicted molar refractivity (Wildman–Crippen MR) is 53.7 cm³/mol. The van der Waals surface area contributed by atoms with Gasteiger partial charge in [0.05, 0.1) is 0 Å². The number of carbonyl (C=O) groups is 4. The standard InChI is InChI=1S/C9H14N2O6/c1-3-6(12)10-16-8(14)5-9(15)17-11-7(13)4-2/h3-5H2,1-2H3,(H,10,12)(H,11,13). The van der Waals surface area contributed by atoms with Gasteiger partial charge < -0.3 is 9.68 Å². The topological polar surface area (TPSA) is 111 Å². The molecule has 0 aromatic heterocycles. The number of rotatable bonds is 4. The summed E-state index contributed by atoms with van der Waals surface area (Å²) in [5, 5.41) is 0. The van der Waals surface area contributed by atoms with Crippen molar-refractivity contribution in [3.63, 3.8) is 0 Å². The van der Waals surface area contributed by atoms with Crippen LogP contribution in [0.2, 0.25) is 0 Å². The molecule has 0 aliphatic heterocycles. The quantitative estimate of drug-likeness (QED) is 0.503. The zero-order chi connectivity index (χ0) is 13.3. The van der Waals surface area contributed by atoms with Gasteiger partial charge in [-0.05, 0) is 0 Å². The molecule has 0 aliphatic carbocycles. The Balaban J connectivity index is 3.77. The Morgan fingerprint density at radius 1 is 0.824 bits per heavy atom. The predicted octanol–water partition coefficient (Wildman–Crippen LogP) is -0.655. The van der Waals surface area contributed by atoms with Crippen LogP contribution >= 0.6 is 0 Å². The van der Waals surface area contributed by atoms with Crippen molar-refractivity contribution in [1.29, 1.82) is 0 Å². The SMILES string of the molecule is CCC(=O)NOC(=O)CC(=O)ONC(=O)CC. The van der Waals surface area contributed by atoms with Crippen LogP contribution < -0.4 is 11.0 Å². The summed E-state index contributed by atoms with van der Waals surface area (Å²) in [6, 6.07) is 0. The second-order valence-electron chi connectivity index (χ2n) is 2.88. The third-order valence-corrected chi connectivity index (χ3v) is 1.49. The van der Waals surface area contributed by atoms with E-state index in [1.54, 1.807) is 13.8 Å². The van der Waals surface area contributed by atoms with Crippen molar-refractivity contribution < 1.29 is 28.9 Å². The fraction of sp³-hybridized carbons (Fsp3) is 0.556. The molecule has 0 unspecified atom stereocenters. The number of hydrogen-bond acceptors (Lipinski definition) is 6. The Labute approximate surface area is 97.5 Å². The van der Waals surface area contributed by atoms with Crippen molar-refractivity contribution in [1.82, 2.24) is 11.0 Å². The van der Waals surface area contributed by atoms with Gasteiger partial charge in [0.2, 0.25) is 0 Å². The smallest absolute Gasteiger partial charge is 0.340 e. The first-order valence-corrected chi connectivity index (χ1v) is 4.96. The summed E-state index contributed by atoms with van der Waals surface area (Å²) >= 11 is 0. The van der Waals surface area contributed by atoms with Crippen LogP contribution in [0.3, 0.4) is 0 Å². The van der Waals surface area contributed by atoms with E-state index in [4.69, 9.17) is 0 Å². The molecule has 17 heavy (non-hydrogen) atoms. The molecule has 0 aromatic rings. The summed E-state index contributed by atoms with van der Waals surface area (Å²) < 4.78 is 0. The van der Waals surface area contributed by atoms with E-state index in [9.17, 15) is 19.2 Å². The van der Waals surface area contributed by atoms with Crippen molar-refractivity contribution in [3.05, 3.63) is 0 Å². The normalized spacial score (nSPS) is 9.06. The Hall–Kier alpha value is -2.12. The summed E-state index contributed by atoms with van der Waals surface area (Å²) in [7, 11) is 0. The monoisotopic (exact) mass is 246 g/mol. The van der Waals surface area contributed by atoms with E-state index in [2.05, 4.69) is 9.68 Å². The second-order valence-corrected chi connectivity index (χ2v) is 2.88. The van der Waals surface area contributed by atoms with Crippen LogP contribution in [0.1, 0.15) is 33.1 Å². The number of nitrogens with one attached hydrogen (secondary N) is 2. The van der Waals surface area contributed by atoms with E-state index < -0.39 is 30.2 Å². The van der Waals surface area contributed by atoms with Gasteiger partial charge in [-0.25, -0.2) is 9.59 Å². The van der Waals surface area contributed by atoms with Crippen LogP contribution in [-0.2, 0) is 28.9 Å². The highest BCUT2D eigenvalue weighted by Crippen LogP contribution is 1.89. The van der Waals surface area contributed by atoms with Crippen LogP contribution in [0.15, 0.2) is 0 Å². The van der Waals surface area contributed by atoms with Gasteiger partial charge in [0.25, 0.3) is 11.8 Å². The van der Waals surface area contributed by atoms with Gasteiger partial charge in [0.1, 0.15) is 6.42 Å². The maximum Gasteiger partial charge on any atom is 0.343 e. The molecule has 2 N–H and O–H groups in total.